The molecule has 0 heterocycles. The van der Waals surface area contributed by atoms with E-state index in [4.69, 9.17) is 5.84 Å². The Labute approximate surface area is 98.7 Å². The van der Waals surface area contributed by atoms with E-state index in [1.54, 1.807) is 0 Å². The number of nitrogens with two attached hydrogens (primary N) is 1. The Bertz CT molecular complexity index is 222. The molecular weight excluding hydrogens is 202 g/mol. The van der Waals surface area contributed by atoms with Gasteiger partial charge in [0.25, 0.3) is 0 Å². The highest BCUT2D eigenvalue weighted by Crippen LogP contribution is 2.23. The molecule has 0 saturated heterocycles. The topological polar surface area (TPSA) is 56.9 Å². The van der Waals surface area contributed by atoms with E-state index in [2.05, 4.69) is 41.2 Å². The van der Waals surface area contributed by atoms with Crippen LogP contribution < -0.4 is 11.3 Å². The molecule has 0 spiro atoms. The molecule has 1 aliphatic rings. The minimum absolute atomic E-state index is 0.508. The summed E-state index contributed by atoms with van der Waals surface area (Å²) >= 11 is 0. The van der Waals surface area contributed by atoms with Crippen LogP contribution in [0.3, 0.4) is 0 Å². The Balaban J connectivity index is 2.37. The number of hydrogen-bond acceptors (Lipinski definition) is 3. The standard InChI is InChI=1S/C11H25N5/c1-4-16(9-5-8-15(2)3)11(14-12)13-10-6-7-10/h10H,4-9,12H2,1-3H3,(H,13,14). The molecule has 0 atom stereocenters. The second-order valence-corrected chi connectivity index (χ2v) is 4.56. The molecule has 1 fully saturated rings. The van der Waals surface area contributed by atoms with Gasteiger partial charge in [0.2, 0.25) is 5.96 Å². The number of hydrogen-bond donors (Lipinski definition) is 2. The van der Waals surface area contributed by atoms with E-state index in [0.717, 1.165) is 32.0 Å². The molecule has 0 bridgehead atoms. The molecule has 0 aliphatic heterocycles. The summed E-state index contributed by atoms with van der Waals surface area (Å²) < 4.78 is 0. The average Bonchev–Trinajstić information content (AvgIpc) is 3.05. The van der Waals surface area contributed by atoms with Crippen LogP contribution in [0.1, 0.15) is 26.2 Å². The first-order chi connectivity index (χ1) is 7.67. The Morgan fingerprint density at radius 2 is 2.06 bits per heavy atom. The van der Waals surface area contributed by atoms with Gasteiger partial charge in [-0.3, -0.25) is 5.43 Å². The number of rotatable bonds is 6. The van der Waals surface area contributed by atoms with Crippen LogP contribution in [0.15, 0.2) is 4.99 Å². The molecule has 1 saturated carbocycles. The van der Waals surface area contributed by atoms with Gasteiger partial charge in [0.1, 0.15) is 0 Å². The Morgan fingerprint density at radius 3 is 2.50 bits per heavy atom. The van der Waals surface area contributed by atoms with Crippen molar-refractivity contribution in [1.29, 1.82) is 0 Å². The normalized spacial score (nSPS) is 16.7. The van der Waals surface area contributed by atoms with Gasteiger partial charge in [-0.2, -0.15) is 0 Å². The lowest BCUT2D eigenvalue weighted by Crippen LogP contribution is -2.45. The highest BCUT2D eigenvalue weighted by atomic mass is 15.4. The molecule has 0 aromatic carbocycles. The molecular formula is C11H25N5. The fraction of sp³-hybridized carbons (Fsp3) is 0.909. The van der Waals surface area contributed by atoms with Gasteiger partial charge in [-0.15, -0.1) is 0 Å². The number of aliphatic imine (C=N–C) groups is 1. The zero-order valence-electron chi connectivity index (χ0n) is 10.7. The number of guanidine groups is 1. The lowest BCUT2D eigenvalue weighted by atomic mass is 10.3. The fourth-order valence-electron chi connectivity index (χ4n) is 1.58. The molecule has 0 amide bonds. The maximum absolute atomic E-state index is 5.52. The molecule has 0 radical (unpaired) electrons. The maximum atomic E-state index is 5.52. The van der Waals surface area contributed by atoms with Crippen molar-refractivity contribution >= 4 is 5.96 Å². The summed E-state index contributed by atoms with van der Waals surface area (Å²) in [4.78, 5) is 8.97. The Morgan fingerprint density at radius 1 is 1.38 bits per heavy atom. The summed E-state index contributed by atoms with van der Waals surface area (Å²) in [5.74, 6) is 6.37. The van der Waals surface area contributed by atoms with E-state index in [1.165, 1.54) is 12.8 Å². The second-order valence-electron chi connectivity index (χ2n) is 4.56. The Kier molecular flexibility index (Phi) is 5.55. The molecule has 1 rings (SSSR count). The van der Waals surface area contributed by atoms with Gasteiger partial charge < -0.3 is 9.80 Å². The lowest BCUT2D eigenvalue weighted by molar-refractivity contribution is 0.348. The smallest absolute Gasteiger partial charge is 0.208 e. The highest BCUT2D eigenvalue weighted by molar-refractivity contribution is 5.79. The van der Waals surface area contributed by atoms with E-state index in [0.29, 0.717) is 6.04 Å². The van der Waals surface area contributed by atoms with Crippen molar-refractivity contribution in [3.8, 4) is 0 Å². The first kappa shape index (κ1) is 13.3. The van der Waals surface area contributed by atoms with E-state index in [-0.39, 0.29) is 0 Å². The number of nitrogens with zero attached hydrogens (tertiary/aromatic N) is 3. The number of nitrogens with one attached hydrogen (secondary N) is 1. The van der Waals surface area contributed by atoms with Gasteiger partial charge in [0, 0.05) is 13.1 Å². The fourth-order valence-corrected chi connectivity index (χ4v) is 1.58. The molecule has 0 unspecified atom stereocenters. The third-order valence-electron chi connectivity index (χ3n) is 2.70. The first-order valence-electron chi connectivity index (χ1n) is 6.11. The molecule has 0 aromatic heterocycles. The van der Waals surface area contributed by atoms with Crippen LogP contribution in [0.2, 0.25) is 0 Å². The van der Waals surface area contributed by atoms with Crippen molar-refractivity contribution < 1.29 is 0 Å². The van der Waals surface area contributed by atoms with Gasteiger partial charge >= 0.3 is 0 Å². The minimum atomic E-state index is 0.508. The summed E-state index contributed by atoms with van der Waals surface area (Å²) in [5.41, 5.74) is 2.72. The van der Waals surface area contributed by atoms with Gasteiger partial charge in [0.15, 0.2) is 0 Å². The van der Waals surface area contributed by atoms with Gasteiger partial charge in [-0.05, 0) is 46.8 Å². The van der Waals surface area contributed by atoms with Crippen LogP contribution in [0.4, 0.5) is 0 Å². The van der Waals surface area contributed by atoms with Gasteiger partial charge in [-0.1, -0.05) is 0 Å². The molecule has 1 aliphatic carbocycles. The molecule has 5 nitrogen and oxygen atoms in total. The number of hydrazine groups is 1. The van der Waals surface area contributed by atoms with Gasteiger partial charge in [-0.25, -0.2) is 10.8 Å². The summed E-state index contributed by atoms with van der Waals surface area (Å²) in [6.45, 7) is 5.18. The van der Waals surface area contributed by atoms with Crippen molar-refractivity contribution in [2.75, 3.05) is 33.7 Å². The summed E-state index contributed by atoms with van der Waals surface area (Å²) in [5, 5.41) is 0. The van der Waals surface area contributed by atoms with Crippen LogP contribution in [0, 0.1) is 0 Å². The summed E-state index contributed by atoms with van der Waals surface area (Å²) in [6, 6.07) is 0.508. The van der Waals surface area contributed by atoms with Crippen molar-refractivity contribution in [2.24, 2.45) is 10.8 Å². The third-order valence-corrected chi connectivity index (χ3v) is 2.70. The SMILES string of the molecule is CCN(CCCN(C)C)C(=NC1CC1)NN. The molecule has 3 N–H and O–H groups in total. The molecule has 16 heavy (non-hydrogen) atoms. The zero-order chi connectivity index (χ0) is 12.0. The second kappa shape index (κ2) is 6.70. The third kappa shape index (κ3) is 4.81. The monoisotopic (exact) mass is 227 g/mol. The average molecular weight is 227 g/mol. The molecule has 5 heteroatoms. The predicted octanol–water partition coefficient (Wildman–Crippen LogP) is 0.242. The zero-order valence-corrected chi connectivity index (χ0v) is 10.7. The quantitative estimate of drug-likeness (QED) is 0.295. The lowest BCUT2D eigenvalue weighted by Gasteiger charge is -2.24. The van der Waals surface area contributed by atoms with Crippen molar-refractivity contribution in [2.45, 2.75) is 32.2 Å². The van der Waals surface area contributed by atoms with E-state index in [9.17, 15) is 0 Å². The molecule has 0 aromatic rings. The van der Waals surface area contributed by atoms with Crippen LogP contribution in [0.5, 0.6) is 0 Å². The predicted molar refractivity (Wildman–Crippen MR) is 68.2 cm³/mol. The largest absolute Gasteiger partial charge is 0.342 e. The highest BCUT2D eigenvalue weighted by Gasteiger charge is 2.22. The van der Waals surface area contributed by atoms with Crippen LogP contribution in [-0.4, -0.2) is 55.5 Å². The summed E-state index contributed by atoms with van der Waals surface area (Å²) in [7, 11) is 4.19. The van der Waals surface area contributed by atoms with Crippen molar-refractivity contribution in [1.82, 2.24) is 15.2 Å². The van der Waals surface area contributed by atoms with E-state index < -0.39 is 0 Å². The first-order valence-corrected chi connectivity index (χ1v) is 6.11. The molecule has 94 valence electrons. The van der Waals surface area contributed by atoms with Crippen LogP contribution in [-0.2, 0) is 0 Å². The van der Waals surface area contributed by atoms with Gasteiger partial charge in [0.05, 0.1) is 6.04 Å². The summed E-state index contributed by atoms with van der Waals surface area (Å²) in [6.07, 6.45) is 3.55. The minimum Gasteiger partial charge on any atom is -0.342 e. The van der Waals surface area contributed by atoms with E-state index in [1.807, 2.05) is 0 Å². The Hall–Kier alpha value is -0.810. The van der Waals surface area contributed by atoms with E-state index >= 15 is 0 Å². The van der Waals surface area contributed by atoms with Crippen molar-refractivity contribution in [3.05, 3.63) is 0 Å². The maximum Gasteiger partial charge on any atom is 0.208 e. The van der Waals surface area contributed by atoms with Crippen LogP contribution >= 0.6 is 0 Å². The van der Waals surface area contributed by atoms with Crippen molar-refractivity contribution in [3.63, 3.8) is 0 Å². The van der Waals surface area contributed by atoms with Crippen LogP contribution in [0.25, 0.3) is 0 Å².